The number of nitriles is 1. The first-order valence-corrected chi connectivity index (χ1v) is 11.7. The molecule has 0 aliphatic carbocycles. The molecule has 2 aromatic carbocycles. The minimum Gasteiger partial charge on any atom is -0.373 e. The van der Waals surface area contributed by atoms with Crippen LogP contribution in [0.1, 0.15) is 43.4 Å². The van der Waals surface area contributed by atoms with Crippen LogP contribution in [0.4, 0.5) is 5.69 Å². The Labute approximate surface area is 191 Å². The fourth-order valence-electron chi connectivity index (χ4n) is 4.71. The van der Waals surface area contributed by atoms with Gasteiger partial charge in [0.15, 0.2) is 5.96 Å². The van der Waals surface area contributed by atoms with Crippen molar-refractivity contribution in [3.05, 3.63) is 65.7 Å². The molecule has 6 nitrogen and oxygen atoms in total. The van der Waals surface area contributed by atoms with E-state index >= 15 is 0 Å². The number of aliphatic imine (C=N–C) groups is 1. The van der Waals surface area contributed by atoms with Crippen LogP contribution >= 0.6 is 0 Å². The molecule has 0 bridgehead atoms. The largest absolute Gasteiger partial charge is 0.373 e. The van der Waals surface area contributed by atoms with Crippen molar-refractivity contribution in [2.24, 2.45) is 10.9 Å². The highest BCUT2D eigenvalue weighted by Gasteiger charge is 2.29. The molecule has 0 radical (unpaired) electrons. The normalized spacial score (nSPS) is 23.6. The second-order valence-electron chi connectivity index (χ2n) is 8.53. The molecule has 2 fully saturated rings. The third-order valence-electron chi connectivity index (χ3n) is 6.30. The zero-order valence-electron chi connectivity index (χ0n) is 18.8. The van der Waals surface area contributed by atoms with Gasteiger partial charge >= 0.3 is 0 Å². The Morgan fingerprint density at radius 2 is 1.97 bits per heavy atom. The van der Waals surface area contributed by atoms with Crippen molar-refractivity contribution in [1.82, 2.24) is 10.6 Å². The van der Waals surface area contributed by atoms with Crippen molar-refractivity contribution < 1.29 is 4.74 Å². The smallest absolute Gasteiger partial charge is 0.191 e. The highest BCUT2D eigenvalue weighted by molar-refractivity contribution is 5.80. The van der Waals surface area contributed by atoms with Crippen LogP contribution in [-0.2, 0) is 4.74 Å². The molecular formula is C26H33N5O. The summed E-state index contributed by atoms with van der Waals surface area (Å²) in [7, 11) is 0. The number of guanidine groups is 1. The second-order valence-corrected chi connectivity index (χ2v) is 8.53. The minimum atomic E-state index is 0.121. The average Bonchev–Trinajstić information content (AvgIpc) is 3.32. The molecule has 2 aliphatic heterocycles. The average molecular weight is 432 g/mol. The zero-order chi connectivity index (χ0) is 22.2. The van der Waals surface area contributed by atoms with Gasteiger partial charge in [0, 0.05) is 44.7 Å². The third kappa shape index (κ3) is 5.41. The number of para-hydroxylation sites is 1. The molecule has 0 spiro atoms. The van der Waals surface area contributed by atoms with E-state index in [1.807, 2.05) is 30.3 Å². The molecule has 2 aliphatic rings. The molecule has 6 heteroatoms. The monoisotopic (exact) mass is 431 g/mol. The van der Waals surface area contributed by atoms with Crippen LogP contribution in [0.15, 0.2) is 59.6 Å². The van der Waals surface area contributed by atoms with Gasteiger partial charge in [0.05, 0.1) is 17.4 Å². The summed E-state index contributed by atoms with van der Waals surface area (Å²) in [4.78, 5) is 7.26. The van der Waals surface area contributed by atoms with E-state index in [2.05, 4.69) is 52.8 Å². The highest BCUT2D eigenvalue weighted by Crippen LogP contribution is 2.34. The van der Waals surface area contributed by atoms with Gasteiger partial charge in [-0.15, -0.1) is 0 Å². The third-order valence-corrected chi connectivity index (χ3v) is 6.30. The van der Waals surface area contributed by atoms with Crippen LogP contribution in [0, 0.1) is 17.2 Å². The van der Waals surface area contributed by atoms with Gasteiger partial charge in [0.2, 0.25) is 0 Å². The van der Waals surface area contributed by atoms with Gasteiger partial charge in [-0.1, -0.05) is 42.5 Å². The lowest BCUT2D eigenvalue weighted by Gasteiger charge is -2.35. The summed E-state index contributed by atoms with van der Waals surface area (Å²) in [5, 5.41) is 16.5. The van der Waals surface area contributed by atoms with E-state index in [9.17, 15) is 5.26 Å². The molecule has 3 unspecified atom stereocenters. The Bertz CT molecular complexity index is 939. The van der Waals surface area contributed by atoms with Crippen molar-refractivity contribution in [3.8, 4) is 6.07 Å². The van der Waals surface area contributed by atoms with Gasteiger partial charge < -0.3 is 20.3 Å². The van der Waals surface area contributed by atoms with E-state index in [4.69, 9.17) is 9.73 Å². The first kappa shape index (κ1) is 22.2. The van der Waals surface area contributed by atoms with Gasteiger partial charge in [0.1, 0.15) is 6.07 Å². The standard InChI is InChI=1S/C26H33N5O/c1-2-28-26(29-18-22-14-16-32-25(22)20-9-4-3-5-10-20)30-23-12-8-15-31(19-23)24-13-7-6-11-21(24)17-27/h3-7,9-11,13,22-23,25H,2,8,12,14-16,18-19H2,1H3,(H2,28,29,30). The molecule has 168 valence electrons. The van der Waals surface area contributed by atoms with Gasteiger partial charge in [-0.05, 0) is 43.9 Å². The molecule has 32 heavy (non-hydrogen) atoms. The fraction of sp³-hybridized carbons (Fsp3) is 0.462. The Morgan fingerprint density at radius 1 is 1.16 bits per heavy atom. The summed E-state index contributed by atoms with van der Waals surface area (Å²) >= 11 is 0. The molecule has 0 amide bonds. The second kappa shape index (κ2) is 11.0. The van der Waals surface area contributed by atoms with Crippen LogP contribution < -0.4 is 15.5 Å². The van der Waals surface area contributed by atoms with Crippen LogP contribution in [-0.4, -0.2) is 44.8 Å². The lowest BCUT2D eigenvalue weighted by Crippen LogP contribution is -2.51. The fourth-order valence-corrected chi connectivity index (χ4v) is 4.71. The molecule has 2 aromatic rings. The van der Waals surface area contributed by atoms with Crippen LogP contribution in [0.25, 0.3) is 0 Å². The number of rotatable bonds is 6. The molecule has 2 N–H and O–H groups in total. The Balaban J connectivity index is 1.40. The van der Waals surface area contributed by atoms with Crippen molar-refractivity contribution >= 4 is 11.6 Å². The molecular weight excluding hydrogens is 398 g/mol. The summed E-state index contributed by atoms with van der Waals surface area (Å²) < 4.78 is 6.04. The molecule has 2 saturated heterocycles. The number of piperidine rings is 1. The van der Waals surface area contributed by atoms with Crippen molar-refractivity contribution in [2.75, 3.05) is 37.7 Å². The lowest BCUT2D eigenvalue weighted by molar-refractivity contribution is 0.0925. The minimum absolute atomic E-state index is 0.121. The Morgan fingerprint density at radius 3 is 2.78 bits per heavy atom. The zero-order valence-corrected chi connectivity index (χ0v) is 18.8. The first-order chi connectivity index (χ1) is 15.8. The maximum absolute atomic E-state index is 9.48. The van der Waals surface area contributed by atoms with Crippen molar-refractivity contribution in [2.45, 2.75) is 38.3 Å². The van der Waals surface area contributed by atoms with Crippen molar-refractivity contribution in [1.29, 1.82) is 5.26 Å². The summed E-state index contributed by atoms with van der Waals surface area (Å²) in [5.41, 5.74) is 3.00. The van der Waals surface area contributed by atoms with E-state index in [1.165, 1.54) is 5.56 Å². The van der Waals surface area contributed by atoms with Crippen LogP contribution in [0.3, 0.4) is 0 Å². The first-order valence-electron chi connectivity index (χ1n) is 11.7. The number of anilines is 1. The molecule has 0 saturated carbocycles. The molecule has 2 heterocycles. The number of benzene rings is 2. The van der Waals surface area contributed by atoms with Crippen LogP contribution in [0.5, 0.6) is 0 Å². The van der Waals surface area contributed by atoms with E-state index in [-0.39, 0.29) is 12.1 Å². The molecule has 4 rings (SSSR count). The highest BCUT2D eigenvalue weighted by atomic mass is 16.5. The van der Waals surface area contributed by atoms with Gasteiger partial charge in [0.25, 0.3) is 0 Å². The predicted molar refractivity (Wildman–Crippen MR) is 129 cm³/mol. The summed E-state index contributed by atoms with van der Waals surface area (Å²) in [6.45, 7) is 6.29. The van der Waals surface area contributed by atoms with Gasteiger partial charge in [-0.3, -0.25) is 4.99 Å². The Kier molecular flexibility index (Phi) is 7.63. The summed E-state index contributed by atoms with van der Waals surface area (Å²) in [6.07, 6.45) is 3.33. The van der Waals surface area contributed by atoms with Crippen LogP contribution in [0.2, 0.25) is 0 Å². The van der Waals surface area contributed by atoms with E-state index < -0.39 is 0 Å². The molecule has 0 aromatic heterocycles. The Hall–Kier alpha value is -3.04. The summed E-state index contributed by atoms with van der Waals surface area (Å²) in [5.74, 6) is 1.25. The van der Waals surface area contributed by atoms with E-state index in [1.54, 1.807) is 0 Å². The number of nitrogens with zero attached hydrogens (tertiary/aromatic N) is 3. The maximum atomic E-state index is 9.48. The molecule has 3 atom stereocenters. The number of nitrogens with one attached hydrogen (secondary N) is 2. The van der Waals surface area contributed by atoms with E-state index in [0.29, 0.717) is 5.92 Å². The van der Waals surface area contributed by atoms with Crippen molar-refractivity contribution in [3.63, 3.8) is 0 Å². The topological polar surface area (TPSA) is 72.7 Å². The lowest BCUT2D eigenvalue weighted by atomic mass is 9.95. The number of ether oxygens (including phenoxy) is 1. The van der Waals surface area contributed by atoms with Gasteiger partial charge in [-0.25, -0.2) is 0 Å². The van der Waals surface area contributed by atoms with Gasteiger partial charge in [-0.2, -0.15) is 5.26 Å². The predicted octanol–water partition coefficient (Wildman–Crippen LogP) is 3.86. The quantitative estimate of drug-likeness (QED) is 0.537. The number of hydrogen-bond acceptors (Lipinski definition) is 4. The van der Waals surface area contributed by atoms with E-state index in [0.717, 1.165) is 69.3 Å². The maximum Gasteiger partial charge on any atom is 0.191 e. The SMILES string of the molecule is CCNC(=NCC1CCOC1c1ccccc1)NC1CCCN(c2ccccc2C#N)C1. The number of hydrogen-bond donors (Lipinski definition) is 2. The summed E-state index contributed by atoms with van der Waals surface area (Å²) in [6, 6.07) is 21.0.